The third kappa shape index (κ3) is 5.00. The van der Waals surface area contributed by atoms with E-state index in [0.29, 0.717) is 0 Å². The van der Waals surface area contributed by atoms with Crippen LogP contribution in [0.4, 0.5) is 0 Å². The molecule has 3 aliphatic rings. The standard InChI is InChI=1S/C24H25.C13H10.2ClH.Zr/c1-14-11-15(2)21-19(12-14)13-20-22(21)16(3)17(4)24(5,6)23(20)18-9-7-8-10-18;1-3-7-12(8-4-1)11-13-9-5-2-6-10-13;;;/h7-9,11-12H,10H2,1-6H3;1-10H;2*1H;/q;;;;+2/p-2. The molecular formula is C37H35Cl2Zr. The second kappa shape index (κ2) is 11.9. The Labute approximate surface area is 262 Å². The molecule has 3 heteroatoms. The average molecular weight is 642 g/mol. The van der Waals surface area contributed by atoms with E-state index >= 15 is 0 Å². The molecule has 0 aliphatic heterocycles. The Hall–Kier alpha value is -2.31. The molecule has 0 saturated carbocycles. The van der Waals surface area contributed by atoms with Gasteiger partial charge in [-0.15, -0.1) is 0 Å². The van der Waals surface area contributed by atoms with Gasteiger partial charge in [-0.3, -0.25) is 0 Å². The maximum absolute atomic E-state index is 2.49. The van der Waals surface area contributed by atoms with Crippen LogP contribution >= 0.6 is 0 Å². The summed E-state index contributed by atoms with van der Waals surface area (Å²) in [5.41, 5.74) is 14.6. The van der Waals surface area contributed by atoms with Crippen LogP contribution in [-0.2, 0) is 22.8 Å². The van der Waals surface area contributed by atoms with E-state index in [1.54, 1.807) is 17.6 Å². The molecule has 0 atom stereocenters. The fraction of sp³-hybridized carbons (Fsp3) is 0.216. The number of hydrogen-bond donors (Lipinski definition) is 0. The van der Waals surface area contributed by atoms with Gasteiger partial charge < -0.3 is 24.8 Å². The summed E-state index contributed by atoms with van der Waals surface area (Å²) in [7, 11) is 0. The predicted molar refractivity (Wildman–Crippen MR) is 159 cm³/mol. The van der Waals surface area contributed by atoms with Crippen molar-refractivity contribution in [2.75, 3.05) is 0 Å². The topological polar surface area (TPSA) is 0 Å². The van der Waals surface area contributed by atoms with E-state index < -0.39 is 22.8 Å². The maximum atomic E-state index is 2.49. The van der Waals surface area contributed by atoms with Gasteiger partial charge in [0.2, 0.25) is 0 Å². The zero-order chi connectivity index (χ0) is 26.6. The monoisotopic (exact) mass is 639 g/mol. The third-order valence-electron chi connectivity index (χ3n) is 8.72. The molecule has 0 N–H and O–H groups in total. The van der Waals surface area contributed by atoms with Gasteiger partial charge in [-0.05, 0) is 0 Å². The number of rotatable bonds is 4. The first-order chi connectivity index (χ1) is 18.3. The zero-order valence-electron chi connectivity index (χ0n) is 24.1. The van der Waals surface area contributed by atoms with Gasteiger partial charge in [0.05, 0.1) is 0 Å². The summed E-state index contributed by atoms with van der Waals surface area (Å²) in [6.45, 7) is 14.2. The van der Waals surface area contributed by atoms with Crippen molar-refractivity contribution in [3.63, 3.8) is 0 Å². The van der Waals surface area contributed by atoms with E-state index in [1.807, 2.05) is 0 Å². The van der Waals surface area contributed by atoms with Crippen molar-refractivity contribution >= 4 is 12.1 Å². The zero-order valence-corrected chi connectivity index (χ0v) is 28.1. The fourth-order valence-corrected chi connectivity index (χ4v) is 10.5. The molecule has 0 unspecified atom stereocenters. The molecule has 0 radical (unpaired) electrons. The van der Waals surface area contributed by atoms with Crippen LogP contribution in [0.2, 0.25) is 0 Å². The molecule has 6 rings (SSSR count). The minimum absolute atomic E-state index is 0. The van der Waals surface area contributed by atoms with Crippen molar-refractivity contribution in [1.82, 2.24) is 0 Å². The smallest absolute Gasteiger partial charge is 1.00 e. The minimum Gasteiger partial charge on any atom is -1.00 e. The molecule has 3 aromatic rings. The van der Waals surface area contributed by atoms with E-state index in [1.165, 1.54) is 55.0 Å². The van der Waals surface area contributed by atoms with E-state index in [9.17, 15) is 0 Å². The van der Waals surface area contributed by atoms with Crippen LogP contribution in [0, 0.1) is 19.3 Å². The molecule has 0 amide bonds. The van der Waals surface area contributed by atoms with Crippen LogP contribution in [-0.4, -0.2) is 3.21 Å². The Balaban J connectivity index is 0.00000185. The van der Waals surface area contributed by atoms with E-state index in [4.69, 9.17) is 0 Å². The molecule has 0 bridgehead atoms. The number of hydrogen-bond acceptors (Lipinski definition) is 0. The number of allylic oxidation sites excluding steroid dienone is 8. The summed E-state index contributed by atoms with van der Waals surface area (Å²) in [6.07, 6.45) is 7.98. The van der Waals surface area contributed by atoms with E-state index in [0.717, 1.165) is 6.42 Å². The van der Waals surface area contributed by atoms with Crippen LogP contribution in [0.5, 0.6) is 0 Å². The van der Waals surface area contributed by atoms with Gasteiger partial charge in [0.1, 0.15) is 0 Å². The summed E-state index contributed by atoms with van der Waals surface area (Å²) in [5, 5.41) is 2.98. The molecule has 3 aromatic carbocycles. The number of fused-ring (bicyclic) bond motifs is 2. The van der Waals surface area contributed by atoms with Crippen molar-refractivity contribution in [1.29, 1.82) is 0 Å². The Morgan fingerprint density at radius 3 is 1.93 bits per heavy atom. The number of halogens is 2. The van der Waals surface area contributed by atoms with Crippen molar-refractivity contribution in [2.45, 2.75) is 48.0 Å². The summed E-state index contributed by atoms with van der Waals surface area (Å²) >= 11 is -1.26. The Morgan fingerprint density at radius 2 is 1.38 bits per heavy atom. The van der Waals surface area contributed by atoms with Gasteiger partial charge in [0.15, 0.2) is 0 Å². The van der Waals surface area contributed by atoms with Gasteiger partial charge in [0.25, 0.3) is 0 Å². The second-order valence-corrected chi connectivity index (χ2v) is 14.5. The number of benzene rings is 3. The number of aryl methyl sites for hydroxylation is 2. The first-order valence-corrected chi connectivity index (χ1v) is 16.2. The summed E-state index contributed by atoms with van der Waals surface area (Å²) in [5.74, 6) is 0. The molecule has 0 aromatic heterocycles. The van der Waals surface area contributed by atoms with Gasteiger partial charge >= 0.3 is 240 Å². The van der Waals surface area contributed by atoms with Crippen LogP contribution in [0.15, 0.2) is 119 Å². The molecule has 0 spiro atoms. The van der Waals surface area contributed by atoms with Crippen LogP contribution in [0.3, 0.4) is 0 Å². The SMILES string of the molecule is CC1=C(C)C(C)(C)C(C2=CC=CC2)=C2[C]([Zr+2]=[C](c3ccccc3)c3ccccc3)=c3cc(C)cc(C)c3=C12.[Cl-].[Cl-]. The molecule has 0 heterocycles. The summed E-state index contributed by atoms with van der Waals surface area (Å²) in [6, 6.07) is 27.1. The van der Waals surface area contributed by atoms with Gasteiger partial charge in [-0.1, -0.05) is 0 Å². The second-order valence-electron chi connectivity index (χ2n) is 11.4. The quantitative estimate of drug-likeness (QED) is 0.406. The maximum Gasteiger partial charge on any atom is -1.00 e. The minimum atomic E-state index is -1.26. The largest absolute Gasteiger partial charge is 1.00 e. The molecule has 0 fully saturated rings. The van der Waals surface area contributed by atoms with Crippen LogP contribution in [0.25, 0.3) is 8.85 Å². The van der Waals surface area contributed by atoms with Crippen LogP contribution in [0.1, 0.15) is 56.4 Å². The van der Waals surface area contributed by atoms with Crippen molar-refractivity contribution in [2.24, 2.45) is 5.41 Å². The Morgan fingerprint density at radius 1 is 0.775 bits per heavy atom. The summed E-state index contributed by atoms with van der Waals surface area (Å²) in [4.78, 5) is 0. The molecule has 0 saturated heterocycles. The normalized spacial score (nSPS) is 16.6. The fourth-order valence-electron chi connectivity index (χ4n) is 6.63. The Bertz CT molecular complexity index is 1720. The molecule has 40 heavy (non-hydrogen) atoms. The first-order valence-electron chi connectivity index (χ1n) is 13.7. The van der Waals surface area contributed by atoms with Gasteiger partial charge in [-0.2, -0.15) is 0 Å². The van der Waals surface area contributed by atoms with Crippen molar-refractivity contribution < 1.29 is 47.6 Å². The molecular weight excluding hydrogens is 607 g/mol. The van der Waals surface area contributed by atoms with E-state index in [-0.39, 0.29) is 30.2 Å². The van der Waals surface area contributed by atoms with Crippen LogP contribution < -0.4 is 35.3 Å². The molecule has 3 aliphatic carbocycles. The van der Waals surface area contributed by atoms with Crippen molar-refractivity contribution in [3.8, 4) is 0 Å². The van der Waals surface area contributed by atoms with E-state index in [2.05, 4.69) is 133 Å². The van der Waals surface area contributed by atoms with Gasteiger partial charge in [-0.25, -0.2) is 0 Å². The predicted octanol–water partition coefficient (Wildman–Crippen LogP) is 1.49. The molecule has 201 valence electrons. The van der Waals surface area contributed by atoms with Crippen molar-refractivity contribution in [3.05, 3.63) is 152 Å². The first kappa shape index (κ1) is 30.6. The average Bonchev–Trinajstić information content (AvgIpc) is 3.54. The summed E-state index contributed by atoms with van der Waals surface area (Å²) < 4.78 is 3.21. The Kier molecular flexibility index (Phi) is 9.11. The third-order valence-corrected chi connectivity index (χ3v) is 12.6. The molecule has 0 nitrogen and oxygen atoms in total. The van der Waals surface area contributed by atoms with Gasteiger partial charge in [0, 0.05) is 0 Å².